The van der Waals surface area contributed by atoms with Crippen molar-refractivity contribution in [1.82, 2.24) is 10.3 Å². The van der Waals surface area contributed by atoms with Crippen molar-refractivity contribution in [3.05, 3.63) is 42.1 Å². The van der Waals surface area contributed by atoms with E-state index in [1.807, 2.05) is 6.20 Å². The number of aromatic nitrogens is 1. The normalized spacial score (nSPS) is 20.0. The van der Waals surface area contributed by atoms with Gasteiger partial charge in [0.15, 0.2) is 0 Å². The van der Waals surface area contributed by atoms with Crippen LogP contribution in [0.4, 0.5) is 0 Å². The minimum atomic E-state index is 0.603. The first kappa shape index (κ1) is 14.9. The summed E-state index contributed by atoms with van der Waals surface area (Å²) >= 11 is 2.11. The molecule has 21 heavy (non-hydrogen) atoms. The molecule has 0 amide bonds. The number of nitrogens with one attached hydrogen (secondary N) is 1. The summed E-state index contributed by atoms with van der Waals surface area (Å²) in [6.07, 6.45) is 5.63. The maximum atomic E-state index is 4.48. The Balaban J connectivity index is 1.82. The molecule has 112 valence electrons. The highest BCUT2D eigenvalue weighted by Crippen LogP contribution is 2.29. The lowest BCUT2D eigenvalue weighted by Gasteiger charge is -2.25. The van der Waals surface area contributed by atoms with E-state index < -0.39 is 0 Å². The van der Waals surface area contributed by atoms with Gasteiger partial charge in [-0.05, 0) is 60.9 Å². The largest absolute Gasteiger partial charge is 0.313 e. The van der Waals surface area contributed by atoms with E-state index in [1.165, 1.54) is 35.3 Å². The van der Waals surface area contributed by atoms with Gasteiger partial charge < -0.3 is 5.32 Å². The molecule has 2 nitrogen and oxygen atoms in total. The Kier molecular flexibility index (Phi) is 5.15. The average molecular weight is 300 g/mol. The highest BCUT2D eigenvalue weighted by atomic mass is 32.2. The van der Waals surface area contributed by atoms with E-state index in [0.29, 0.717) is 6.04 Å². The molecule has 1 fully saturated rings. The van der Waals surface area contributed by atoms with Crippen LogP contribution in [-0.2, 0) is 6.42 Å². The molecule has 2 heterocycles. The van der Waals surface area contributed by atoms with Gasteiger partial charge in [0.2, 0.25) is 0 Å². The van der Waals surface area contributed by atoms with Crippen molar-refractivity contribution in [1.29, 1.82) is 0 Å². The molecule has 2 atom stereocenters. The number of nitrogens with zero attached hydrogens (tertiary/aromatic N) is 1. The minimum Gasteiger partial charge on any atom is -0.313 e. The fourth-order valence-corrected chi connectivity index (χ4v) is 4.51. The van der Waals surface area contributed by atoms with Crippen LogP contribution in [0.3, 0.4) is 0 Å². The lowest BCUT2D eigenvalue weighted by atomic mass is 9.91. The summed E-state index contributed by atoms with van der Waals surface area (Å²) in [6.45, 7) is 3.37. The predicted octanol–water partition coefficient (Wildman–Crippen LogP) is 3.90. The highest BCUT2D eigenvalue weighted by Gasteiger charge is 2.25. The Morgan fingerprint density at radius 3 is 3.05 bits per heavy atom. The van der Waals surface area contributed by atoms with Gasteiger partial charge in [0.1, 0.15) is 0 Å². The topological polar surface area (TPSA) is 24.9 Å². The maximum Gasteiger partial charge on any atom is 0.0704 e. The van der Waals surface area contributed by atoms with Gasteiger partial charge in [-0.2, -0.15) is 11.8 Å². The Morgan fingerprint density at radius 2 is 2.24 bits per heavy atom. The molecular weight excluding hydrogens is 276 g/mol. The minimum absolute atomic E-state index is 0.603. The molecule has 3 heteroatoms. The number of pyridine rings is 1. The average Bonchev–Trinajstić information content (AvgIpc) is 3.06. The number of rotatable bonds is 6. The van der Waals surface area contributed by atoms with Gasteiger partial charge >= 0.3 is 0 Å². The number of para-hydroxylation sites is 1. The number of thioether (sulfide) groups is 1. The van der Waals surface area contributed by atoms with Crippen molar-refractivity contribution in [3.8, 4) is 0 Å². The molecule has 1 aliphatic heterocycles. The van der Waals surface area contributed by atoms with Crippen LogP contribution >= 0.6 is 11.8 Å². The molecule has 0 spiro atoms. The first-order valence-electron chi connectivity index (χ1n) is 8.02. The maximum absolute atomic E-state index is 4.48. The quantitative estimate of drug-likeness (QED) is 0.876. The van der Waals surface area contributed by atoms with Gasteiger partial charge in [-0.25, -0.2) is 0 Å². The van der Waals surface area contributed by atoms with Crippen LogP contribution in [0.15, 0.2) is 36.5 Å². The first-order chi connectivity index (χ1) is 10.4. The van der Waals surface area contributed by atoms with Gasteiger partial charge in [-0.15, -0.1) is 0 Å². The van der Waals surface area contributed by atoms with Crippen LogP contribution < -0.4 is 5.32 Å². The molecule has 1 N–H and O–H groups in total. The molecule has 0 bridgehead atoms. The monoisotopic (exact) mass is 300 g/mol. The summed E-state index contributed by atoms with van der Waals surface area (Å²) in [5.41, 5.74) is 2.55. The van der Waals surface area contributed by atoms with Crippen LogP contribution in [0, 0.1) is 5.92 Å². The second-order valence-electron chi connectivity index (χ2n) is 5.88. The molecule has 3 rings (SSSR count). The van der Waals surface area contributed by atoms with E-state index >= 15 is 0 Å². The fourth-order valence-electron chi connectivity index (χ4n) is 3.18. The van der Waals surface area contributed by atoms with Crippen LogP contribution in [0.25, 0.3) is 10.9 Å². The first-order valence-corrected chi connectivity index (χ1v) is 9.17. The number of fused-ring (bicyclic) bond motifs is 1. The van der Waals surface area contributed by atoms with Crippen LogP contribution in [-0.4, -0.2) is 29.1 Å². The molecule has 1 aromatic heterocycles. The van der Waals surface area contributed by atoms with Crippen molar-refractivity contribution >= 4 is 22.7 Å². The summed E-state index contributed by atoms with van der Waals surface area (Å²) in [7, 11) is 0. The van der Waals surface area contributed by atoms with Gasteiger partial charge in [0.05, 0.1) is 5.52 Å². The zero-order valence-corrected chi connectivity index (χ0v) is 13.5. The third kappa shape index (κ3) is 3.58. The van der Waals surface area contributed by atoms with E-state index in [4.69, 9.17) is 0 Å². The summed E-state index contributed by atoms with van der Waals surface area (Å²) in [6, 6.07) is 11.3. The second kappa shape index (κ2) is 7.28. The smallest absolute Gasteiger partial charge is 0.0704 e. The van der Waals surface area contributed by atoms with Crippen molar-refractivity contribution < 1.29 is 0 Å². The summed E-state index contributed by atoms with van der Waals surface area (Å²) in [5, 5.41) is 5.10. The van der Waals surface area contributed by atoms with Gasteiger partial charge in [-0.1, -0.05) is 25.1 Å². The van der Waals surface area contributed by atoms with E-state index in [9.17, 15) is 0 Å². The highest BCUT2D eigenvalue weighted by molar-refractivity contribution is 7.99. The molecule has 0 radical (unpaired) electrons. The Bertz CT molecular complexity index is 573. The molecule has 2 aromatic rings. The Morgan fingerprint density at radius 1 is 1.33 bits per heavy atom. The van der Waals surface area contributed by atoms with Crippen LogP contribution in [0.5, 0.6) is 0 Å². The van der Waals surface area contributed by atoms with Crippen LogP contribution in [0.2, 0.25) is 0 Å². The zero-order valence-electron chi connectivity index (χ0n) is 12.7. The third-order valence-corrected chi connectivity index (χ3v) is 5.56. The van der Waals surface area contributed by atoms with E-state index in [0.717, 1.165) is 24.4 Å². The lowest BCUT2D eigenvalue weighted by Crippen LogP contribution is -2.38. The van der Waals surface area contributed by atoms with E-state index in [-0.39, 0.29) is 0 Å². The Labute approximate surface area is 131 Å². The van der Waals surface area contributed by atoms with Gasteiger partial charge in [0.25, 0.3) is 0 Å². The summed E-state index contributed by atoms with van der Waals surface area (Å²) in [5.74, 6) is 3.45. The third-order valence-electron chi connectivity index (χ3n) is 4.37. The number of benzene rings is 1. The molecule has 1 aromatic carbocycles. The second-order valence-corrected chi connectivity index (χ2v) is 7.03. The van der Waals surface area contributed by atoms with Crippen molar-refractivity contribution in [2.45, 2.75) is 32.2 Å². The zero-order chi connectivity index (χ0) is 14.5. The van der Waals surface area contributed by atoms with Crippen molar-refractivity contribution in [2.24, 2.45) is 5.92 Å². The number of hydrogen-bond acceptors (Lipinski definition) is 3. The lowest BCUT2D eigenvalue weighted by molar-refractivity contribution is 0.381. The van der Waals surface area contributed by atoms with E-state index in [2.05, 4.69) is 59.3 Å². The molecular formula is C18H24N2S. The molecule has 0 aliphatic carbocycles. The molecule has 0 saturated carbocycles. The molecule has 1 aliphatic rings. The number of hydrogen-bond donors (Lipinski definition) is 1. The Hall–Kier alpha value is -1.06. The standard InChI is InChI=1S/C18H24N2S/c1-2-9-19-18(15-8-11-21-13-15)12-14-7-10-20-17-6-4-3-5-16(14)17/h3-7,10,15,18-19H,2,8-9,11-13H2,1H3. The van der Waals surface area contributed by atoms with Gasteiger partial charge in [0, 0.05) is 17.6 Å². The SMILES string of the molecule is CCCNC(Cc1ccnc2ccccc12)C1CCSC1. The summed E-state index contributed by atoms with van der Waals surface area (Å²) < 4.78 is 0. The summed E-state index contributed by atoms with van der Waals surface area (Å²) in [4.78, 5) is 4.48. The predicted molar refractivity (Wildman–Crippen MR) is 93.0 cm³/mol. The van der Waals surface area contributed by atoms with Crippen molar-refractivity contribution in [3.63, 3.8) is 0 Å². The fraction of sp³-hybridized carbons (Fsp3) is 0.500. The molecule has 2 unspecified atom stereocenters. The molecule has 1 saturated heterocycles. The van der Waals surface area contributed by atoms with Gasteiger partial charge in [-0.3, -0.25) is 4.98 Å². The van der Waals surface area contributed by atoms with Crippen LogP contribution in [0.1, 0.15) is 25.3 Å². The van der Waals surface area contributed by atoms with Crippen molar-refractivity contribution in [2.75, 3.05) is 18.1 Å². The van der Waals surface area contributed by atoms with E-state index in [1.54, 1.807) is 0 Å².